The molecule has 0 fully saturated rings. The summed E-state index contributed by atoms with van der Waals surface area (Å²) < 4.78 is 4.87. The number of thioether (sulfide) groups is 1. The van der Waals surface area contributed by atoms with Gasteiger partial charge < -0.3 is 15.0 Å². The highest BCUT2D eigenvalue weighted by molar-refractivity contribution is 7.99. The van der Waals surface area contributed by atoms with Crippen LogP contribution < -0.4 is 5.32 Å². The van der Waals surface area contributed by atoms with Gasteiger partial charge in [0.2, 0.25) is 5.91 Å². The van der Waals surface area contributed by atoms with Crippen LogP contribution in [0.15, 0.2) is 29.6 Å². The summed E-state index contributed by atoms with van der Waals surface area (Å²) in [5.74, 6) is -0.378. The van der Waals surface area contributed by atoms with Crippen molar-refractivity contribution in [2.45, 2.75) is 25.9 Å². The number of imidazole rings is 1. The minimum absolute atomic E-state index is 0.124. The molecule has 1 heterocycles. The molecule has 0 spiro atoms. The third kappa shape index (κ3) is 4.59. The van der Waals surface area contributed by atoms with Crippen molar-refractivity contribution in [3.8, 4) is 0 Å². The third-order valence-electron chi connectivity index (χ3n) is 3.13. The van der Waals surface area contributed by atoms with Crippen LogP contribution in [0.1, 0.15) is 28.5 Å². The number of nitrogens with one attached hydrogen (secondary N) is 2. The number of carbonyl (C=O) groups is 2. The van der Waals surface area contributed by atoms with Gasteiger partial charge in [0.15, 0.2) is 5.16 Å². The van der Waals surface area contributed by atoms with Crippen molar-refractivity contribution in [2.75, 3.05) is 17.7 Å². The first-order valence-corrected chi connectivity index (χ1v) is 8.20. The van der Waals surface area contributed by atoms with Gasteiger partial charge in [0.05, 0.1) is 18.6 Å². The fourth-order valence-electron chi connectivity index (χ4n) is 2.01. The van der Waals surface area contributed by atoms with Gasteiger partial charge >= 0.3 is 5.97 Å². The number of para-hydroxylation sites is 1. The molecule has 1 aromatic heterocycles. The highest BCUT2D eigenvalue weighted by Gasteiger charge is 2.12. The summed E-state index contributed by atoms with van der Waals surface area (Å²) in [4.78, 5) is 30.5. The fourth-order valence-corrected chi connectivity index (χ4v) is 2.66. The van der Waals surface area contributed by atoms with Gasteiger partial charge in [-0.1, -0.05) is 30.0 Å². The zero-order chi connectivity index (χ0) is 16.8. The maximum absolute atomic E-state index is 12.1. The number of esters is 1. The molecule has 1 amide bonds. The molecular weight excluding hydrogens is 314 g/mol. The molecule has 6 nitrogen and oxygen atoms in total. The van der Waals surface area contributed by atoms with Gasteiger partial charge in [-0.15, -0.1) is 0 Å². The number of aryl methyl sites for hydroxylation is 2. The van der Waals surface area contributed by atoms with E-state index in [1.165, 1.54) is 18.0 Å². The van der Waals surface area contributed by atoms with Crippen LogP contribution in [0.5, 0.6) is 0 Å². The third-order valence-corrected chi connectivity index (χ3v) is 4.02. The van der Waals surface area contributed by atoms with Gasteiger partial charge in [-0.2, -0.15) is 0 Å². The summed E-state index contributed by atoms with van der Waals surface area (Å²) in [6, 6.07) is 5.86. The van der Waals surface area contributed by atoms with Gasteiger partial charge in [0.1, 0.15) is 5.69 Å². The first kappa shape index (κ1) is 17.1. The number of H-pyrrole nitrogens is 1. The number of rotatable bonds is 6. The predicted molar refractivity (Wildman–Crippen MR) is 89.8 cm³/mol. The maximum Gasteiger partial charge on any atom is 0.356 e. The van der Waals surface area contributed by atoms with E-state index in [4.69, 9.17) is 4.74 Å². The quantitative estimate of drug-likeness (QED) is 0.627. The number of benzene rings is 1. The van der Waals surface area contributed by atoms with E-state index in [9.17, 15) is 9.59 Å². The zero-order valence-electron chi connectivity index (χ0n) is 13.3. The van der Waals surface area contributed by atoms with Crippen molar-refractivity contribution in [3.05, 3.63) is 41.2 Å². The second kappa shape index (κ2) is 7.82. The number of amides is 1. The average Bonchev–Trinajstić information content (AvgIpc) is 2.98. The number of hydrogen-bond donors (Lipinski definition) is 2. The molecule has 122 valence electrons. The Morgan fingerprint density at radius 2 is 2.00 bits per heavy atom. The molecule has 0 aliphatic rings. The molecule has 0 unspecified atom stereocenters. The normalized spacial score (nSPS) is 10.4. The lowest BCUT2D eigenvalue weighted by Gasteiger charge is -2.10. The summed E-state index contributed by atoms with van der Waals surface area (Å²) >= 11 is 1.23. The van der Waals surface area contributed by atoms with Gasteiger partial charge in [-0.25, -0.2) is 9.78 Å². The predicted octanol–water partition coefficient (Wildman–Crippen LogP) is 2.93. The van der Waals surface area contributed by atoms with Crippen LogP contribution in [-0.2, 0) is 9.53 Å². The van der Waals surface area contributed by atoms with E-state index < -0.39 is 5.97 Å². The van der Waals surface area contributed by atoms with E-state index in [2.05, 4.69) is 15.3 Å². The van der Waals surface area contributed by atoms with Crippen molar-refractivity contribution in [2.24, 2.45) is 0 Å². The number of aromatic amines is 1. The molecule has 0 bridgehead atoms. The van der Waals surface area contributed by atoms with Crippen LogP contribution in [0.3, 0.4) is 0 Å². The van der Waals surface area contributed by atoms with Crippen molar-refractivity contribution in [3.63, 3.8) is 0 Å². The number of ether oxygens (including phenoxy) is 1. The Labute approximate surface area is 139 Å². The molecule has 0 atom stereocenters. The second-order valence-corrected chi connectivity index (χ2v) is 5.89. The van der Waals surface area contributed by atoms with E-state index >= 15 is 0 Å². The smallest absolute Gasteiger partial charge is 0.356 e. The molecule has 1 aromatic carbocycles. The van der Waals surface area contributed by atoms with Crippen LogP contribution in [0.4, 0.5) is 5.69 Å². The maximum atomic E-state index is 12.1. The van der Waals surface area contributed by atoms with E-state index in [0.29, 0.717) is 11.8 Å². The SMILES string of the molecule is CCOC(=O)c1cnc(SCC(=O)Nc2c(C)cccc2C)[nH]1. The first-order valence-electron chi connectivity index (χ1n) is 7.22. The van der Waals surface area contributed by atoms with Gasteiger partial charge in [-0.3, -0.25) is 4.79 Å². The van der Waals surface area contributed by atoms with Crippen molar-refractivity contribution >= 4 is 29.3 Å². The zero-order valence-corrected chi connectivity index (χ0v) is 14.1. The second-order valence-electron chi connectivity index (χ2n) is 4.93. The Kier molecular flexibility index (Phi) is 5.81. The number of aromatic nitrogens is 2. The molecule has 23 heavy (non-hydrogen) atoms. The number of carbonyl (C=O) groups excluding carboxylic acids is 2. The van der Waals surface area contributed by atoms with Crippen LogP contribution in [0.2, 0.25) is 0 Å². The summed E-state index contributed by atoms with van der Waals surface area (Å²) in [5, 5.41) is 3.41. The fraction of sp³-hybridized carbons (Fsp3) is 0.312. The molecule has 0 aliphatic heterocycles. The molecule has 2 N–H and O–H groups in total. The van der Waals surface area contributed by atoms with E-state index in [1.807, 2.05) is 32.0 Å². The minimum atomic E-state index is -0.452. The number of hydrogen-bond acceptors (Lipinski definition) is 5. The molecule has 0 radical (unpaired) electrons. The van der Waals surface area contributed by atoms with Crippen molar-refractivity contribution in [1.29, 1.82) is 0 Å². The standard InChI is InChI=1S/C16H19N3O3S/c1-4-22-15(21)12-8-17-16(18-12)23-9-13(20)19-14-10(2)6-5-7-11(14)3/h5-8H,4,9H2,1-3H3,(H,17,18)(H,19,20). The Bertz CT molecular complexity index is 692. The molecule has 2 rings (SSSR count). The Hall–Kier alpha value is -2.28. The number of anilines is 1. The lowest BCUT2D eigenvalue weighted by molar-refractivity contribution is -0.113. The summed E-state index contributed by atoms with van der Waals surface area (Å²) in [5.41, 5.74) is 3.16. The van der Waals surface area contributed by atoms with Crippen molar-refractivity contribution < 1.29 is 14.3 Å². The van der Waals surface area contributed by atoms with Crippen molar-refractivity contribution in [1.82, 2.24) is 9.97 Å². The summed E-state index contributed by atoms with van der Waals surface area (Å²) in [6.45, 7) is 5.95. The van der Waals surface area contributed by atoms with Crippen LogP contribution in [0.25, 0.3) is 0 Å². The Balaban J connectivity index is 1.91. The summed E-state index contributed by atoms with van der Waals surface area (Å²) in [7, 11) is 0. The number of nitrogens with zero attached hydrogens (tertiary/aromatic N) is 1. The lowest BCUT2D eigenvalue weighted by Crippen LogP contribution is -2.15. The monoisotopic (exact) mass is 333 g/mol. The average molecular weight is 333 g/mol. The molecule has 0 saturated carbocycles. The highest BCUT2D eigenvalue weighted by Crippen LogP contribution is 2.20. The van der Waals surface area contributed by atoms with Crippen LogP contribution >= 0.6 is 11.8 Å². The molecular formula is C16H19N3O3S. The van der Waals surface area contributed by atoms with Gasteiger partial charge in [0, 0.05) is 5.69 Å². The largest absolute Gasteiger partial charge is 0.461 e. The van der Waals surface area contributed by atoms with Gasteiger partial charge in [0.25, 0.3) is 0 Å². The summed E-state index contributed by atoms with van der Waals surface area (Å²) in [6.07, 6.45) is 1.41. The Morgan fingerprint density at radius 1 is 1.30 bits per heavy atom. The molecule has 2 aromatic rings. The highest BCUT2D eigenvalue weighted by atomic mass is 32.2. The Morgan fingerprint density at radius 3 is 2.65 bits per heavy atom. The lowest BCUT2D eigenvalue weighted by atomic mass is 10.1. The molecule has 0 aliphatic carbocycles. The minimum Gasteiger partial charge on any atom is -0.461 e. The molecule has 0 saturated heterocycles. The molecule has 7 heteroatoms. The van der Waals surface area contributed by atoms with E-state index in [-0.39, 0.29) is 17.4 Å². The van der Waals surface area contributed by atoms with Crippen LogP contribution in [0, 0.1) is 13.8 Å². The first-order chi connectivity index (χ1) is 11.0. The van der Waals surface area contributed by atoms with Gasteiger partial charge in [-0.05, 0) is 31.9 Å². The topological polar surface area (TPSA) is 84.1 Å². The van der Waals surface area contributed by atoms with Crippen LogP contribution in [-0.4, -0.2) is 34.2 Å². The van der Waals surface area contributed by atoms with E-state index in [1.54, 1.807) is 6.92 Å². The van der Waals surface area contributed by atoms with E-state index in [0.717, 1.165) is 16.8 Å².